The van der Waals surface area contributed by atoms with Crippen molar-refractivity contribution in [2.24, 2.45) is 0 Å². The Hall–Kier alpha value is -1.42. The van der Waals surface area contributed by atoms with Crippen LogP contribution in [0.1, 0.15) is 20.8 Å². The summed E-state index contributed by atoms with van der Waals surface area (Å²) in [6.45, 7) is 6.45. The van der Waals surface area contributed by atoms with Crippen LogP contribution in [-0.2, 0) is 0 Å². The maximum Gasteiger partial charge on any atom is 0.228 e. The molecule has 0 saturated carbocycles. The summed E-state index contributed by atoms with van der Waals surface area (Å²) < 4.78 is 6.27. The van der Waals surface area contributed by atoms with E-state index in [1.807, 2.05) is 18.2 Å². The zero-order valence-corrected chi connectivity index (χ0v) is 11.9. The third-order valence-corrected chi connectivity index (χ3v) is 3.58. The predicted molar refractivity (Wildman–Crippen MR) is 75.1 cm³/mol. The van der Waals surface area contributed by atoms with Gasteiger partial charge in [0.15, 0.2) is 6.20 Å². The fourth-order valence-electron chi connectivity index (χ4n) is 1.80. The molecule has 0 fully saturated rings. The Balaban J connectivity index is 2.54. The van der Waals surface area contributed by atoms with E-state index in [-0.39, 0.29) is 4.75 Å². The summed E-state index contributed by atoms with van der Waals surface area (Å²) in [5.74, 6) is 0.726. The van der Waals surface area contributed by atoms with Crippen molar-refractivity contribution in [1.82, 2.24) is 0 Å². The smallest absolute Gasteiger partial charge is 0.228 e. The van der Waals surface area contributed by atoms with Crippen LogP contribution in [0.4, 0.5) is 0 Å². The van der Waals surface area contributed by atoms with Gasteiger partial charge in [-0.1, -0.05) is 20.8 Å². The van der Waals surface area contributed by atoms with E-state index in [0.717, 1.165) is 20.8 Å². The van der Waals surface area contributed by atoms with Gasteiger partial charge < -0.3 is 9.94 Å². The fourth-order valence-corrected chi connectivity index (χ4v) is 2.82. The molecule has 1 aromatic heterocycles. The van der Waals surface area contributed by atoms with Crippen LogP contribution in [0.15, 0.2) is 35.4 Å². The minimum Gasteiger partial charge on any atom is -0.618 e. The van der Waals surface area contributed by atoms with Gasteiger partial charge in [-0.2, -0.15) is 4.73 Å². The quantitative estimate of drug-likeness (QED) is 0.473. The van der Waals surface area contributed by atoms with Crippen LogP contribution >= 0.6 is 11.8 Å². The molecule has 0 radical (unpaired) electrons. The molecule has 0 saturated heterocycles. The predicted octanol–water partition coefficient (Wildman–Crippen LogP) is 3.37. The molecule has 2 rings (SSSR count). The number of benzene rings is 1. The molecule has 0 bridgehead atoms. The summed E-state index contributed by atoms with van der Waals surface area (Å²) in [5.41, 5.74) is 0.642. The van der Waals surface area contributed by atoms with Crippen molar-refractivity contribution in [1.29, 1.82) is 0 Å². The first-order chi connectivity index (χ1) is 8.40. The van der Waals surface area contributed by atoms with Gasteiger partial charge in [-0.3, -0.25) is 0 Å². The lowest BCUT2D eigenvalue weighted by molar-refractivity contribution is -0.577. The molecule has 0 aliphatic heterocycles. The first-order valence-corrected chi connectivity index (χ1v) is 6.61. The average molecular weight is 263 g/mol. The summed E-state index contributed by atoms with van der Waals surface area (Å²) in [6, 6.07) is 7.57. The number of thioether (sulfide) groups is 1. The minimum atomic E-state index is 0.125. The van der Waals surface area contributed by atoms with Gasteiger partial charge in [0, 0.05) is 21.8 Å². The molecule has 0 N–H and O–H groups in total. The van der Waals surface area contributed by atoms with E-state index in [2.05, 4.69) is 20.8 Å². The number of rotatable bonds is 2. The lowest BCUT2D eigenvalue weighted by Crippen LogP contribution is -2.26. The standard InChI is InChI=1S/C14H17NO2S/c1-14(2,3)18-10-5-6-11-12(9-10)15(16)8-7-13(11)17-4/h5-9H,1-4H3. The molecule has 18 heavy (non-hydrogen) atoms. The van der Waals surface area contributed by atoms with Crippen molar-refractivity contribution in [3.05, 3.63) is 35.7 Å². The van der Waals surface area contributed by atoms with E-state index in [1.54, 1.807) is 24.9 Å². The normalized spacial score (nSPS) is 11.8. The van der Waals surface area contributed by atoms with E-state index >= 15 is 0 Å². The van der Waals surface area contributed by atoms with Crippen LogP contribution in [0.5, 0.6) is 5.75 Å². The molecule has 3 nitrogen and oxygen atoms in total. The molecular formula is C14H17NO2S. The van der Waals surface area contributed by atoms with Gasteiger partial charge in [0.25, 0.3) is 0 Å². The molecule has 4 heteroatoms. The maximum absolute atomic E-state index is 11.8. The van der Waals surface area contributed by atoms with E-state index in [4.69, 9.17) is 4.74 Å². The largest absolute Gasteiger partial charge is 0.618 e. The number of pyridine rings is 1. The molecule has 96 valence electrons. The van der Waals surface area contributed by atoms with Crippen molar-refractivity contribution in [2.75, 3.05) is 7.11 Å². The van der Waals surface area contributed by atoms with Crippen LogP contribution in [0, 0.1) is 5.21 Å². The fraction of sp³-hybridized carbons (Fsp3) is 0.357. The van der Waals surface area contributed by atoms with E-state index in [9.17, 15) is 5.21 Å². The lowest BCUT2D eigenvalue weighted by Gasteiger charge is -2.17. The molecule has 0 aliphatic rings. The topological polar surface area (TPSA) is 36.2 Å². The van der Waals surface area contributed by atoms with Crippen LogP contribution in [0.2, 0.25) is 0 Å². The molecule has 0 spiro atoms. The zero-order valence-electron chi connectivity index (χ0n) is 11.1. The summed E-state index contributed by atoms with van der Waals surface area (Å²) >= 11 is 1.74. The molecule has 0 amide bonds. The van der Waals surface area contributed by atoms with Gasteiger partial charge in [0.1, 0.15) is 5.75 Å². The average Bonchev–Trinajstić information content (AvgIpc) is 2.28. The highest BCUT2D eigenvalue weighted by atomic mass is 32.2. The summed E-state index contributed by atoms with van der Waals surface area (Å²) in [6.07, 6.45) is 1.48. The number of fused-ring (bicyclic) bond motifs is 1. The second kappa shape index (κ2) is 4.69. The van der Waals surface area contributed by atoms with Gasteiger partial charge >= 0.3 is 0 Å². The number of ether oxygens (including phenoxy) is 1. The van der Waals surface area contributed by atoms with Gasteiger partial charge in [0.2, 0.25) is 5.52 Å². The van der Waals surface area contributed by atoms with Crippen molar-refractivity contribution in [2.45, 2.75) is 30.4 Å². The monoisotopic (exact) mass is 263 g/mol. The Morgan fingerprint density at radius 2 is 1.94 bits per heavy atom. The molecule has 0 unspecified atom stereocenters. The van der Waals surface area contributed by atoms with Crippen LogP contribution in [0.25, 0.3) is 10.9 Å². The highest BCUT2D eigenvalue weighted by Crippen LogP contribution is 2.34. The third kappa shape index (κ3) is 2.70. The summed E-state index contributed by atoms with van der Waals surface area (Å²) in [7, 11) is 1.61. The Morgan fingerprint density at radius 1 is 1.22 bits per heavy atom. The van der Waals surface area contributed by atoms with E-state index in [0.29, 0.717) is 5.52 Å². The zero-order chi connectivity index (χ0) is 13.3. The Morgan fingerprint density at radius 3 is 2.56 bits per heavy atom. The van der Waals surface area contributed by atoms with Crippen LogP contribution in [0.3, 0.4) is 0 Å². The van der Waals surface area contributed by atoms with Gasteiger partial charge in [-0.25, -0.2) is 0 Å². The van der Waals surface area contributed by atoms with Crippen LogP contribution in [-0.4, -0.2) is 11.9 Å². The minimum absolute atomic E-state index is 0.125. The summed E-state index contributed by atoms with van der Waals surface area (Å²) in [4.78, 5) is 1.09. The summed E-state index contributed by atoms with van der Waals surface area (Å²) in [5, 5.41) is 12.7. The molecule has 0 atom stereocenters. The van der Waals surface area contributed by atoms with Crippen molar-refractivity contribution in [3.8, 4) is 5.75 Å². The maximum atomic E-state index is 11.8. The van der Waals surface area contributed by atoms with Gasteiger partial charge in [-0.15, -0.1) is 11.8 Å². The highest BCUT2D eigenvalue weighted by Gasteiger charge is 2.15. The Bertz CT molecular complexity index is 576. The molecule has 2 aromatic rings. The molecular weight excluding hydrogens is 246 g/mol. The number of methoxy groups -OCH3 is 1. The third-order valence-electron chi connectivity index (χ3n) is 2.48. The lowest BCUT2D eigenvalue weighted by atomic mass is 10.2. The molecule has 1 aromatic carbocycles. The number of aromatic nitrogens is 1. The van der Waals surface area contributed by atoms with Crippen molar-refractivity contribution >= 4 is 22.7 Å². The first-order valence-electron chi connectivity index (χ1n) is 5.80. The van der Waals surface area contributed by atoms with Crippen molar-refractivity contribution in [3.63, 3.8) is 0 Å². The van der Waals surface area contributed by atoms with Gasteiger partial charge in [0.05, 0.1) is 12.5 Å². The first kappa shape index (κ1) is 13.0. The molecule has 0 aliphatic carbocycles. The highest BCUT2D eigenvalue weighted by molar-refractivity contribution is 8.00. The second-order valence-electron chi connectivity index (χ2n) is 5.10. The Kier molecular flexibility index (Phi) is 3.39. The van der Waals surface area contributed by atoms with Crippen LogP contribution < -0.4 is 9.47 Å². The molecule has 1 heterocycles. The van der Waals surface area contributed by atoms with E-state index < -0.39 is 0 Å². The van der Waals surface area contributed by atoms with Gasteiger partial charge in [-0.05, 0) is 12.1 Å². The van der Waals surface area contributed by atoms with Crippen molar-refractivity contribution < 1.29 is 9.47 Å². The number of hydrogen-bond acceptors (Lipinski definition) is 3. The number of nitrogens with zero attached hydrogens (tertiary/aromatic N) is 1. The second-order valence-corrected chi connectivity index (χ2v) is 7.00. The number of hydrogen-bond donors (Lipinski definition) is 0. The van der Waals surface area contributed by atoms with E-state index in [1.165, 1.54) is 6.20 Å². The SMILES string of the molecule is COc1cc[n+]([O-])c2cc(SC(C)(C)C)ccc12. The Labute approximate surface area is 111 Å².